The average Bonchev–Trinajstić information content (AvgIpc) is 3.24. The Morgan fingerprint density at radius 3 is 2.95 bits per heavy atom. The maximum absolute atomic E-state index is 5.89. The summed E-state index contributed by atoms with van der Waals surface area (Å²) in [5, 5.41) is 3.57. The highest BCUT2D eigenvalue weighted by atomic mass is 16.5. The SMILES string of the molecule is COCc1cccc(C(CN)NCCCC2CC2)c1. The van der Waals surface area contributed by atoms with Crippen molar-refractivity contribution in [3.05, 3.63) is 35.4 Å². The van der Waals surface area contributed by atoms with Crippen LogP contribution in [-0.2, 0) is 11.3 Å². The predicted molar refractivity (Wildman–Crippen MR) is 78.9 cm³/mol. The van der Waals surface area contributed by atoms with Crippen molar-refractivity contribution in [2.24, 2.45) is 11.7 Å². The lowest BCUT2D eigenvalue weighted by molar-refractivity contribution is 0.185. The van der Waals surface area contributed by atoms with Crippen molar-refractivity contribution in [2.45, 2.75) is 38.3 Å². The molecule has 3 nitrogen and oxygen atoms in total. The Morgan fingerprint density at radius 2 is 2.26 bits per heavy atom. The first-order valence-corrected chi connectivity index (χ1v) is 7.34. The summed E-state index contributed by atoms with van der Waals surface area (Å²) in [6.45, 7) is 2.36. The zero-order valence-corrected chi connectivity index (χ0v) is 11.9. The molecule has 0 saturated heterocycles. The maximum atomic E-state index is 5.89. The van der Waals surface area contributed by atoms with Crippen LogP contribution < -0.4 is 11.1 Å². The topological polar surface area (TPSA) is 47.3 Å². The van der Waals surface area contributed by atoms with Gasteiger partial charge in [-0.25, -0.2) is 0 Å². The molecule has 19 heavy (non-hydrogen) atoms. The highest BCUT2D eigenvalue weighted by Crippen LogP contribution is 2.33. The van der Waals surface area contributed by atoms with E-state index in [1.807, 2.05) is 0 Å². The highest BCUT2D eigenvalue weighted by molar-refractivity contribution is 5.26. The van der Waals surface area contributed by atoms with Gasteiger partial charge in [0.05, 0.1) is 6.61 Å². The van der Waals surface area contributed by atoms with E-state index in [2.05, 4.69) is 29.6 Å². The van der Waals surface area contributed by atoms with Crippen LogP contribution in [0.1, 0.15) is 42.9 Å². The minimum Gasteiger partial charge on any atom is -0.380 e. The van der Waals surface area contributed by atoms with Gasteiger partial charge in [0.25, 0.3) is 0 Å². The van der Waals surface area contributed by atoms with E-state index >= 15 is 0 Å². The van der Waals surface area contributed by atoms with Crippen LogP contribution in [-0.4, -0.2) is 20.2 Å². The Hall–Kier alpha value is -0.900. The monoisotopic (exact) mass is 262 g/mol. The average molecular weight is 262 g/mol. The summed E-state index contributed by atoms with van der Waals surface area (Å²) >= 11 is 0. The molecule has 1 atom stereocenters. The lowest BCUT2D eigenvalue weighted by Crippen LogP contribution is -2.29. The van der Waals surface area contributed by atoms with Crippen molar-refractivity contribution in [3.63, 3.8) is 0 Å². The zero-order valence-electron chi connectivity index (χ0n) is 11.9. The van der Waals surface area contributed by atoms with Crippen LogP contribution in [0.2, 0.25) is 0 Å². The van der Waals surface area contributed by atoms with Crippen molar-refractivity contribution in [1.29, 1.82) is 0 Å². The van der Waals surface area contributed by atoms with Gasteiger partial charge in [0.1, 0.15) is 0 Å². The van der Waals surface area contributed by atoms with Crippen molar-refractivity contribution in [2.75, 3.05) is 20.2 Å². The normalized spacial score (nSPS) is 16.5. The molecule has 0 radical (unpaired) electrons. The molecular formula is C16H26N2O. The number of benzene rings is 1. The molecule has 1 aliphatic rings. The first-order valence-electron chi connectivity index (χ1n) is 7.34. The van der Waals surface area contributed by atoms with Crippen LogP contribution in [0.15, 0.2) is 24.3 Å². The minimum atomic E-state index is 0.260. The molecule has 3 heteroatoms. The third kappa shape index (κ3) is 4.94. The molecule has 0 amide bonds. The van der Waals surface area contributed by atoms with Crippen LogP contribution in [0.5, 0.6) is 0 Å². The highest BCUT2D eigenvalue weighted by Gasteiger charge is 2.20. The van der Waals surface area contributed by atoms with Crippen molar-refractivity contribution in [3.8, 4) is 0 Å². The van der Waals surface area contributed by atoms with Crippen LogP contribution >= 0.6 is 0 Å². The fourth-order valence-electron chi connectivity index (χ4n) is 2.48. The summed E-state index contributed by atoms with van der Waals surface area (Å²) < 4.78 is 5.18. The summed E-state index contributed by atoms with van der Waals surface area (Å²) in [4.78, 5) is 0. The lowest BCUT2D eigenvalue weighted by atomic mass is 10.0. The molecule has 0 heterocycles. The number of ether oxygens (including phenoxy) is 1. The first kappa shape index (κ1) is 14.5. The maximum Gasteiger partial charge on any atom is 0.0713 e. The molecule has 1 unspecified atom stereocenters. The second-order valence-corrected chi connectivity index (χ2v) is 5.51. The van der Waals surface area contributed by atoms with Gasteiger partial charge >= 0.3 is 0 Å². The van der Waals surface area contributed by atoms with Crippen molar-refractivity contribution < 1.29 is 4.74 Å². The Balaban J connectivity index is 1.82. The van der Waals surface area contributed by atoms with E-state index in [0.29, 0.717) is 13.2 Å². The van der Waals surface area contributed by atoms with Gasteiger partial charge < -0.3 is 15.8 Å². The predicted octanol–water partition coefficient (Wildman–Crippen LogP) is 2.61. The third-order valence-corrected chi connectivity index (χ3v) is 3.78. The Labute approximate surface area is 116 Å². The van der Waals surface area contributed by atoms with E-state index in [-0.39, 0.29) is 6.04 Å². The summed E-state index contributed by atoms with van der Waals surface area (Å²) in [6, 6.07) is 8.77. The summed E-state index contributed by atoms with van der Waals surface area (Å²) in [7, 11) is 1.73. The minimum absolute atomic E-state index is 0.260. The summed E-state index contributed by atoms with van der Waals surface area (Å²) in [6.07, 6.45) is 5.52. The van der Waals surface area contributed by atoms with Gasteiger partial charge in [0.2, 0.25) is 0 Å². The lowest BCUT2D eigenvalue weighted by Gasteiger charge is -2.18. The summed E-state index contributed by atoms with van der Waals surface area (Å²) in [5.74, 6) is 1.02. The largest absolute Gasteiger partial charge is 0.380 e. The van der Waals surface area contributed by atoms with Gasteiger partial charge in [-0.3, -0.25) is 0 Å². The van der Waals surface area contributed by atoms with E-state index in [9.17, 15) is 0 Å². The van der Waals surface area contributed by atoms with Gasteiger partial charge in [-0.1, -0.05) is 37.1 Å². The van der Waals surface area contributed by atoms with Crippen molar-refractivity contribution in [1.82, 2.24) is 5.32 Å². The molecule has 2 rings (SSSR count). The standard InChI is InChI=1S/C16H26N2O/c1-19-12-14-4-2-6-15(10-14)16(11-17)18-9-3-5-13-7-8-13/h2,4,6,10,13,16,18H,3,5,7-9,11-12,17H2,1H3. The van der Waals surface area contributed by atoms with Gasteiger partial charge in [-0.05, 0) is 36.4 Å². The van der Waals surface area contributed by atoms with Crippen LogP contribution in [0.3, 0.4) is 0 Å². The zero-order chi connectivity index (χ0) is 13.5. The summed E-state index contributed by atoms with van der Waals surface area (Å²) in [5.41, 5.74) is 8.36. The molecule has 1 saturated carbocycles. The Kier molecular flexibility index (Phi) is 5.83. The number of nitrogens with two attached hydrogens (primary N) is 1. The van der Waals surface area contributed by atoms with Gasteiger partial charge in [-0.15, -0.1) is 0 Å². The van der Waals surface area contributed by atoms with Gasteiger partial charge in [0.15, 0.2) is 0 Å². The van der Waals surface area contributed by atoms with Crippen molar-refractivity contribution >= 4 is 0 Å². The quantitative estimate of drug-likeness (QED) is 0.673. The number of methoxy groups -OCH3 is 1. The Morgan fingerprint density at radius 1 is 1.42 bits per heavy atom. The van der Waals surface area contributed by atoms with Crippen LogP contribution in [0.25, 0.3) is 0 Å². The van der Waals surface area contributed by atoms with E-state index in [4.69, 9.17) is 10.5 Å². The van der Waals surface area contributed by atoms with Gasteiger partial charge in [-0.2, -0.15) is 0 Å². The molecular weight excluding hydrogens is 236 g/mol. The van der Waals surface area contributed by atoms with Crippen LogP contribution in [0.4, 0.5) is 0 Å². The van der Waals surface area contributed by atoms with Gasteiger partial charge in [0, 0.05) is 19.7 Å². The molecule has 1 aromatic carbocycles. The van der Waals surface area contributed by atoms with Crippen LogP contribution in [0, 0.1) is 5.92 Å². The molecule has 1 fully saturated rings. The second kappa shape index (κ2) is 7.63. The molecule has 1 aromatic rings. The second-order valence-electron chi connectivity index (χ2n) is 5.51. The van der Waals surface area contributed by atoms with E-state index in [1.165, 1.54) is 36.8 Å². The molecule has 0 aromatic heterocycles. The fourth-order valence-corrected chi connectivity index (χ4v) is 2.48. The molecule has 0 aliphatic heterocycles. The molecule has 0 bridgehead atoms. The third-order valence-electron chi connectivity index (χ3n) is 3.78. The fraction of sp³-hybridized carbons (Fsp3) is 0.625. The van der Waals surface area contributed by atoms with E-state index < -0.39 is 0 Å². The first-order chi connectivity index (χ1) is 9.33. The number of rotatable bonds is 9. The number of hydrogen-bond acceptors (Lipinski definition) is 3. The van der Waals surface area contributed by atoms with E-state index in [1.54, 1.807) is 7.11 Å². The molecule has 1 aliphatic carbocycles. The smallest absolute Gasteiger partial charge is 0.0713 e. The number of nitrogens with one attached hydrogen (secondary N) is 1. The Bertz CT molecular complexity index is 377. The molecule has 106 valence electrons. The van der Waals surface area contributed by atoms with E-state index in [0.717, 1.165) is 12.5 Å². The number of hydrogen-bond donors (Lipinski definition) is 2. The molecule has 0 spiro atoms. The molecule has 3 N–H and O–H groups in total.